The first-order chi connectivity index (χ1) is 9.15. The summed E-state index contributed by atoms with van der Waals surface area (Å²) >= 11 is 0. The van der Waals surface area contributed by atoms with E-state index < -0.39 is 0 Å². The second kappa shape index (κ2) is 6.95. The van der Waals surface area contributed by atoms with Gasteiger partial charge in [0.15, 0.2) is 0 Å². The van der Waals surface area contributed by atoms with E-state index in [1.807, 2.05) is 0 Å². The van der Waals surface area contributed by atoms with Gasteiger partial charge in [-0.2, -0.15) is 0 Å². The Kier molecular flexibility index (Phi) is 5.26. The predicted octanol–water partition coefficient (Wildman–Crippen LogP) is 4.31. The summed E-state index contributed by atoms with van der Waals surface area (Å²) in [6.45, 7) is 7.51. The van der Waals surface area contributed by atoms with Gasteiger partial charge < -0.3 is 10.1 Å². The molecule has 1 aromatic rings. The van der Waals surface area contributed by atoms with Crippen LogP contribution in [0.2, 0.25) is 0 Å². The van der Waals surface area contributed by atoms with E-state index in [0.717, 1.165) is 18.2 Å². The summed E-state index contributed by atoms with van der Waals surface area (Å²) in [5.74, 6) is 1.85. The van der Waals surface area contributed by atoms with E-state index in [2.05, 4.69) is 50.4 Å². The largest absolute Gasteiger partial charge is 0.491 e. The highest BCUT2D eigenvalue weighted by atomic mass is 16.5. The first kappa shape index (κ1) is 14.4. The van der Waals surface area contributed by atoms with Crippen LogP contribution in [0.4, 0.5) is 0 Å². The van der Waals surface area contributed by atoms with Gasteiger partial charge in [-0.25, -0.2) is 0 Å². The molecule has 0 saturated heterocycles. The molecule has 1 fully saturated rings. The van der Waals surface area contributed by atoms with Gasteiger partial charge in [0.25, 0.3) is 0 Å². The lowest BCUT2D eigenvalue weighted by Gasteiger charge is -2.18. The quantitative estimate of drug-likeness (QED) is 0.823. The van der Waals surface area contributed by atoms with Crippen LogP contribution in [0.1, 0.15) is 58.1 Å². The van der Waals surface area contributed by atoms with E-state index >= 15 is 0 Å². The minimum absolute atomic E-state index is 0.240. The molecule has 1 unspecified atom stereocenters. The zero-order chi connectivity index (χ0) is 13.7. The van der Waals surface area contributed by atoms with Crippen LogP contribution in [0.5, 0.6) is 5.75 Å². The lowest BCUT2D eigenvalue weighted by atomic mass is 10.1. The average molecular weight is 261 g/mol. The van der Waals surface area contributed by atoms with E-state index in [0.29, 0.717) is 6.04 Å². The zero-order valence-electron chi connectivity index (χ0n) is 12.5. The van der Waals surface area contributed by atoms with Gasteiger partial charge in [-0.05, 0) is 63.8 Å². The topological polar surface area (TPSA) is 21.3 Å². The molecule has 1 atom stereocenters. The fraction of sp³-hybridized carbons (Fsp3) is 0.647. The molecule has 2 heteroatoms. The third-order valence-corrected chi connectivity index (χ3v) is 3.94. The average Bonchev–Trinajstić information content (AvgIpc) is 2.89. The fourth-order valence-electron chi connectivity index (χ4n) is 2.78. The van der Waals surface area contributed by atoms with Crippen molar-refractivity contribution in [3.8, 4) is 5.75 Å². The third-order valence-electron chi connectivity index (χ3n) is 3.94. The van der Waals surface area contributed by atoms with E-state index in [4.69, 9.17) is 4.74 Å². The molecule has 1 aromatic carbocycles. The summed E-state index contributed by atoms with van der Waals surface area (Å²) in [6, 6.07) is 8.91. The van der Waals surface area contributed by atoms with Crippen molar-refractivity contribution in [3.05, 3.63) is 29.8 Å². The van der Waals surface area contributed by atoms with E-state index in [1.165, 1.54) is 31.2 Å². The number of nitrogens with one attached hydrogen (secondary N) is 1. The molecule has 0 amide bonds. The molecule has 1 N–H and O–H groups in total. The molecule has 1 saturated carbocycles. The maximum absolute atomic E-state index is 5.67. The van der Waals surface area contributed by atoms with Crippen LogP contribution in [0, 0.1) is 5.92 Å². The minimum Gasteiger partial charge on any atom is -0.491 e. The van der Waals surface area contributed by atoms with E-state index in [9.17, 15) is 0 Å². The molecular formula is C17H27NO. The van der Waals surface area contributed by atoms with Crippen molar-refractivity contribution in [1.82, 2.24) is 5.32 Å². The number of benzene rings is 1. The summed E-state index contributed by atoms with van der Waals surface area (Å²) in [6.07, 6.45) is 5.88. The Bertz CT molecular complexity index is 365. The second-order valence-corrected chi connectivity index (χ2v) is 6.02. The second-order valence-electron chi connectivity index (χ2n) is 6.02. The lowest BCUT2D eigenvalue weighted by molar-refractivity contribution is 0.242. The molecule has 0 aliphatic heterocycles. The maximum atomic E-state index is 5.67. The smallest absolute Gasteiger partial charge is 0.119 e. The Morgan fingerprint density at radius 2 is 1.74 bits per heavy atom. The molecular weight excluding hydrogens is 234 g/mol. The summed E-state index contributed by atoms with van der Waals surface area (Å²) in [5, 5.41) is 3.66. The Morgan fingerprint density at radius 3 is 2.32 bits per heavy atom. The SMILES string of the molecule is CC(C)Oc1ccc(C(C)NCC2CCCC2)cc1. The van der Waals surface area contributed by atoms with Gasteiger partial charge in [0.05, 0.1) is 6.10 Å². The Labute approximate surface area is 117 Å². The van der Waals surface area contributed by atoms with Crippen molar-refractivity contribution >= 4 is 0 Å². The molecule has 0 heterocycles. The van der Waals surface area contributed by atoms with Crippen molar-refractivity contribution in [2.75, 3.05) is 6.54 Å². The molecule has 0 aromatic heterocycles. The molecule has 2 nitrogen and oxygen atoms in total. The fourth-order valence-corrected chi connectivity index (χ4v) is 2.78. The molecule has 106 valence electrons. The van der Waals surface area contributed by atoms with Gasteiger partial charge in [0.2, 0.25) is 0 Å². The highest BCUT2D eigenvalue weighted by Gasteiger charge is 2.15. The van der Waals surface area contributed by atoms with Gasteiger partial charge in [-0.3, -0.25) is 0 Å². The van der Waals surface area contributed by atoms with Gasteiger partial charge >= 0.3 is 0 Å². The zero-order valence-corrected chi connectivity index (χ0v) is 12.5. The molecule has 0 spiro atoms. The first-order valence-electron chi connectivity index (χ1n) is 7.65. The lowest BCUT2D eigenvalue weighted by Crippen LogP contribution is -2.24. The van der Waals surface area contributed by atoms with Crippen molar-refractivity contribution in [1.29, 1.82) is 0 Å². The maximum Gasteiger partial charge on any atom is 0.119 e. The minimum atomic E-state index is 0.240. The summed E-state index contributed by atoms with van der Waals surface area (Å²) < 4.78 is 5.67. The summed E-state index contributed by atoms with van der Waals surface area (Å²) in [5.41, 5.74) is 1.34. The molecule has 0 radical (unpaired) electrons. The first-order valence-corrected chi connectivity index (χ1v) is 7.65. The number of hydrogen-bond donors (Lipinski definition) is 1. The van der Waals surface area contributed by atoms with Crippen LogP contribution < -0.4 is 10.1 Å². The Morgan fingerprint density at radius 1 is 1.11 bits per heavy atom. The van der Waals surface area contributed by atoms with E-state index in [1.54, 1.807) is 0 Å². The Hall–Kier alpha value is -1.02. The van der Waals surface area contributed by atoms with Crippen molar-refractivity contribution in [2.45, 2.75) is 58.6 Å². The molecule has 19 heavy (non-hydrogen) atoms. The highest BCUT2D eigenvalue weighted by molar-refractivity contribution is 5.29. The normalized spacial score (nSPS) is 17.9. The molecule has 0 bridgehead atoms. The van der Waals surface area contributed by atoms with Gasteiger partial charge in [-0.15, -0.1) is 0 Å². The van der Waals surface area contributed by atoms with Crippen molar-refractivity contribution in [2.24, 2.45) is 5.92 Å². The molecule has 1 aliphatic carbocycles. The molecule has 1 aliphatic rings. The van der Waals surface area contributed by atoms with Crippen molar-refractivity contribution in [3.63, 3.8) is 0 Å². The van der Waals surface area contributed by atoms with Gasteiger partial charge in [-0.1, -0.05) is 25.0 Å². The summed E-state index contributed by atoms with van der Waals surface area (Å²) in [7, 11) is 0. The van der Waals surface area contributed by atoms with Crippen LogP contribution in [-0.4, -0.2) is 12.6 Å². The summed E-state index contributed by atoms with van der Waals surface area (Å²) in [4.78, 5) is 0. The van der Waals surface area contributed by atoms with Crippen LogP contribution in [0.25, 0.3) is 0 Å². The monoisotopic (exact) mass is 261 g/mol. The Balaban J connectivity index is 1.82. The number of hydrogen-bond acceptors (Lipinski definition) is 2. The van der Waals surface area contributed by atoms with Crippen LogP contribution in [0.3, 0.4) is 0 Å². The predicted molar refractivity (Wildman–Crippen MR) is 80.6 cm³/mol. The van der Waals surface area contributed by atoms with Crippen LogP contribution in [0.15, 0.2) is 24.3 Å². The van der Waals surface area contributed by atoms with Gasteiger partial charge in [0, 0.05) is 6.04 Å². The van der Waals surface area contributed by atoms with E-state index in [-0.39, 0.29) is 6.10 Å². The standard InChI is InChI=1S/C17H27NO/c1-13(2)19-17-10-8-16(9-11-17)14(3)18-12-15-6-4-5-7-15/h8-11,13-15,18H,4-7,12H2,1-3H3. The van der Waals surface area contributed by atoms with Crippen LogP contribution in [-0.2, 0) is 0 Å². The van der Waals surface area contributed by atoms with Crippen LogP contribution >= 0.6 is 0 Å². The van der Waals surface area contributed by atoms with Gasteiger partial charge in [0.1, 0.15) is 5.75 Å². The number of ether oxygens (including phenoxy) is 1. The number of rotatable bonds is 6. The molecule has 2 rings (SSSR count). The highest BCUT2D eigenvalue weighted by Crippen LogP contribution is 2.25. The third kappa shape index (κ3) is 4.54. The van der Waals surface area contributed by atoms with Crippen molar-refractivity contribution < 1.29 is 4.74 Å².